The summed E-state index contributed by atoms with van der Waals surface area (Å²) in [7, 11) is -0.326. The fourth-order valence-electron chi connectivity index (χ4n) is 8.85. The van der Waals surface area contributed by atoms with E-state index in [9.17, 15) is 36.0 Å². The topological polar surface area (TPSA) is 169 Å². The van der Waals surface area contributed by atoms with Crippen LogP contribution in [0.1, 0.15) is 62.1 Å². The number of carbonyl (C=O) groups is 2. The number of rotatable bonds is 10. The first-order chi connectivity index (χ1) is 28.6. The van der Waals surface area contributed by atoms with E-state index >= 15 is 0 Å². The average molecular weight is 849 g/mol. The van der Waals surface area contributed by atoms with Crippen molar-refractivity contribution in [3.63, 3.8) is 0 Å². The number of benzene rings is 2. The summed E-state index contributed by atoms with van der Waals surface area (Å²) in [6, 6.07) is 9.72. The number of imidazole rings is 1. The molecule has 0 saturated carbocycles. The van der Waals surface area contributed by atoms with Gasteiger partial charge in [-0.15, -0.1) is 0 Å². The molecule has 0 spiro atoms. The lowest BCUT2D eigenvalue weighted by Crippen LogP contribution is -2.44. The molecule has 3 saturated heterocycles. The monoisotopic (exact) mass is 848 g/mol. The number of aryl methyl sites for hydroxylation is 3. The van der Waals surface area contributed by atoms with Crippen molar-refractivity contribution in [2.75, 3.05) is 42.9 Å². The number of likely N-dealkylation sites (tertiary alicyclic amines) is 1. The van der Waals surface area contributed by atoms with Gasteiger partial charge in [-0.05, 0) is 107 Å². The Balaban J connectivity index is 0.846. The van der Waals surface area contributed by atoms with Crippen molar-refractivity contribution in [1.29, 1.82) is 0 Å². The predicted molar refractivity (Wildman–Crippen MR) is 218 cm³/mol. The van der Waals surface area contributed by atoms with Crippen molar-refractivity contribution in [3.8, 4) is 11.3 Å². The Morgan fingerprint density at radius 1 is 0.950 bits per heavy atom. The number of carbonyl (C=O) groups excluding carboxylic acids is 2. The molecule has 8 rings (SSSR count). The fourth-order valence-corrected chi connectivity index (χ4v) is 10.7. The molecule has 19 heteroatoms. The van der Waals surface area contributed by atoms with Crippen LogP contribution in [0.15, 0.2) is 64.7 Å². The minimum Gasteiger partial charge on any atom is -0.370 e. The molecule has 2 amide bonds. The highest BCUT2D eigenvalue weighted by molar-refractivity contribution is 7.92. The molecular formula is C41H47F3N10O5S. The molecular weight excluding hydrogens is 802 g/mol. The van der Waals surface area contributed by atoms with Gasteiger partial charge in [-0.25, -0.2) is 23.2 Å². The molecule has 0 aliphatic carbocycles. The molecule has 1 unspecified atom stereocenters. The van der Waals surface area contributed by atoms with Gasteiger partial charge in [0.1, 0.15) is 11.6 Å². The highest BCUT2D eigenvalue weighted by Crippen LogP contribution is 2.37. The molecule has 3 aliphatic rings. The molecule has 2 N–H and O–H groups in total. The highest BCUT2D eigenvalue weighted by Gasteiger charge is 2.37. The maximum atomic E-state index is 13.8. The van der Waals surface area contributed by atoms with Crippen LogP contribution in [-0.2, 0) is 39.7 Å². The second-order valence-electron chi connectivity index (χ2n) is 16.1. The number of aromatic nitrogens is 6. The van der Waals surface area contributed by atoms with Gasteiger partial charge in [0.15, 0.2) is 9.84 Å². The quantitative estimate of drug-likeness (QED) is 0.179. The lowest BCUT2D eigenvalue weighted by molar-refractivity contribution is -0.138. The summed E-state index contributed by atoms with van der Waals surface area (Å²) < 4.78 is 73.4. The summed E-state index contributed by atoms with van der Waals surface area (Å²) in [5, 5.41) is 8.76. The number of alkyl halides is 3. The van der Waals surface area contributed by atoms with E-state index in [0.29, 0.717) is 48.6 Å². The Hall–Kier alpha value is -5.56. The van der Waals surface area contributed by atoms with Crippen LogP contribution in [0.25, 0.3) is 22.3 Å². The Morgan fingerprint density at radius 3 is 2.37 bits per heavy atom. The van der Waals surface area contributed by atoms with Crippen molar-refractivity contribution in [2.45, 2.75) is 74.2 Å². The minimum absolute atomic E-state index is 0.0662. The third-order valence-corrected chi connectivity index (χ3v) is 14.5. The number of sulfone groups is 1. The number of para-hydroxylation sites is 1. The third kappa shape index (κ3) is 8.03. The number of amides is 2. The normalized spacial score (nSPS) is 19.0. The molecule has 6 heterocycles. The number of halogens is 3. The van der Waals surface area contributed by atoms with E-state index in [2.05, 4.69) is 35.5 Å². The number of nitrogens with zero attached hydrogens (tertiary/aromatic N) is 8. The van der Waals surface area contributed by atoms with E-state index in [1.165, 1.54) is 27.7 Å². The van der Waals surface area contributed by atoms with E-state index in [4.69, 9.17) is 0 Å². The Labute approximate surface area is 344 Å². The standard InChI is InChI=1S/C41H47F3N10O5S/c1-25-21-29(7-8-31(25)47-39-45-23-30(41(42,43)44)36(49-39)27-22-46-50(2)24-27)60(58,59)28-14-17-52(18-15-28)16-11-26-12-19-53(20-13-26)32-5-4-6-33-37(32)51(3)40(57)54(33)34-9-10-35(55)48-38(34)56/h4-8,21-24,26,28,34H,9-20H2,1-3H3,(H,45,47,49)(H,48,55,56). The van der Waals surface area contributed by atoms with Gasteiger partial charge in [-0.2, -0.15) is 18.3 Å². The Kier molecular flexibility index (Phi) is 11.1. The highest BCUT2D eigenvalue weighted by atomic mass is 32.2. The van der Waals surface area contributed by atoms with Crippen LogP contribution in [-0.4, -0.2) is 92.0 Å². The van der Waals surface area contributed by atoms with Crippen LogP contribution >= 0.6 is 0 Å². The summed E-state index contributed by atoms with van der Waals surface area (Å²) in [5.74, 6) is -0.344. The summed E-state index contributed by atoms with van der Waals surface area (Å²) in [6.45, 7) is 5.59. The summed E-state index contributed by atoms with van der Waals surface area (Å²) >= 11 is 0. The molecule has 3 aromatic heterocycles. The van der Waals surface area contributed by atoms with E-state index in [0.717, 1.165) is 56.3 Å². The second-order valence-corrected chi connectivity index (χ2v) is 18.3. The molecule has 15 nitrogen and oxygen atoms in total. The molecule has 5 aromatic rings. The van der Waals surface area contributed by atoms with E-state index < -0.39 is 38.8 Å². The van der Waals surface area contributed by atoms with Crippen LogP contribution in [0.5, 0.6) is 0 Å². The van der Waals surface area contributed by atoms with Crippen molar-refractivity contribution >= 4 is 50.0 Å². The molecule has 3 fully saturated rings. The number of hydrogen-bond acceptors (Lipinski definition) is 11. The van der Waals surface area contributed by atoms with Crippen LogP contribution in [0.2, 0.25) is 0 Å². The molecule has 1 atom stereocenters. The van der Waals surface area contributed by atoms with Crippen LogP contribution in [0.4, 0.5) is 30.5 Å². The zero-order valence-electron chi connectivity index (χ0n) is 33.6. The van der Waals surface area contributed by atoms with Gasteiger partial charge < -0.3 is 15.1 Å². The third-order valence-electron chi connectivity index (χ3n) is 12.2. The zero-order valence-corrected chi connectivity index (χ0v) is 34.4. The second kappa shape index (κ2) is 16.1. The lowest BCUT2D eigenvalue weighted by Gasteiger charge is -2.36. The number of hydrogen-bond donors (Lipinski definition) is 2. The number of anilines is 3. The molecule has 0 radical (unpaired) electrons. The average Bonchev–Trinajstić information content (AvgIpc) is 3.77. The maximum absolute atomic E-state index is 13.8. The summed E-state index contributed by atoms with van der Waals surface area (Å²) in [6.07, 6.45) is 3.22. The molecule has 3 aliphatic heterocycles. The first-order valence-electron chi connectivity index (χ1n) is 20.1. The van der Waals surface area contributed by atoms with E-state index in [1.54, 1.807) is 37.7 Å². The van der Waals surface area contributed by atoms with E-state index in [1.807, 2.05) is 18.2 Å². The van der Waals surface area contributed by atoms with Gasteiger partial charge in [-0.1, -0.05) is 6.07 Å². The first kappa shape index (κ1) is 41.2. The van der Waals surface area contributed by atoms with Crippen LogP contribution in [0, 0.1) is 12.8 Å². The number of fused-ring (bicyclic) bond motifs is 1. The maximum Gasteiger partial charge on any atom is 0.419 e. The molecule has 2 aromatic carbocycles. The fraction of sp³-hybridized carbons (Fsp3) is 0.463. The van der Waals surface area contributed by atoms with Gasteiger partial charge >= 0.3 is 11.9 Å². The number of nitrogens with one attached hydrogen (secondary N) is 2. The summed E-state index contributed by atoms with van der Waals surface area (Å²) in [4.78, 5) is 50.8. The Bertz CT molecular complexity index is 2620. The smallest absolute Gasteiger partial charge is 0.370 e. The zero-order chi connectivity index (χ0) is 42.5. The largest absolute Gasteiger partial charge is 0.419 e. The van der Waals surface area contributed by atoms with E-state index in [-0.39, 0.29) is 46.5 Å². The number of piperidine rings is 3. The van der Waals surface area contributed by atoms with Gasteiger partial charge in [0, 0.05) is 57.3 Å². The SMILES string of the molecule is Cc1cc(S(=O)(=O)C2CCN(CCC3CCN(c4cccc5c4n(C)c(=O)n5C4CCC(=O)NC4=O)CC3)CC2)ccc1Nc1ncc(C(F)(F)F)c(-c2cnn(C)c2)n1. The van der Waals surface area contributed by atoms with Gasteiger partial charge in [0.2, 0.25) is 17.8 Å². The van der Waals surface area contributed by atoms with Gasteiger partial charge in [-0.3, -0.25) is 28.7 Å². The van der Waals surface area contributed by atoms with Gasteiger partial charge in [0.25, 0.3) is 0 Å². The predicted octanol–water partition coefficient (Wildman–Crippen LogP) is 5.12. The minimum atomic E-state index is -4.68. The van der Waals surface area contributed by atoms with Crippen molar-refractivity contribution < 1.29 is 31.2 Å². The Morgan fingerprint density at radius 2 is 1.70 bits per heavy atom. The summed E-state index contributed by atoms with van der Waals surface area (Å²) in [5.41, 5.74) is 2.04. The van der Waals surface area contributed by atoms with Crippen molar-refractivity contribution in [3.05, 3.63) is 76.6 Å². The van der Waals surface area contributed by atoms with Crippen molar-refractivity contribution in [1.82, 2.24) is 39.1 Å². The lowest BCUT2D eigenvalue weighted by atomic mass is 9.92. The number of imide groups is 1. The first-order valence-corrected chi connectivity index (χ1v) is 21.7. The molecule has 318 valence electrons. The molecule has 0 bridgehead atoms. The van der Waals surface area contributed by atoms with Crippen molar-refractivity contribution in [2.24, 2.45) is 20.0 Å². The molecule has 60 heavy (non-hydrogen) atoms. The van der Waals surface area contributed by atoms with Crippen LogP contribution in [0.3, 0.4) is 0 Å². The van der Waals surface area contributed by atoms with Crippen LogP contribution < -0.4 is 21.2 Å². The van der Waals surface area contributed by atoms with Gasteiger partial charge in [0.05, 0.1) is 38.8 Å².